The van der Waals surface area contributed by atoms with E-state index in [0.29, 0.717) is 6.42 Å². The van der Waals surface area contributed by atoms with Crippen molar-refractivity contribution in [1.29, 1.82) is 0 Å². The maximum Gasteiger partial charge on any atom is 0.213 e. The lowest BCUT2D eigenvalue weighted by atomic mass is 10.1. The summed E-state index contributed by atoms with van der Waals surface area (Å²) in [5.74, 6) is 0.284. The van der Waals surface area contributed by atoms with E-state index in [1.54, 1.807) is 21.0 Å². The number of ketones is 1. The van der Waals surface area contributed by atoms with Gasteiger partial charge in [0.25, 0.3) is 0 Å². The van der Waals surface area contributed by atoms with E-state index in [4.69, 9.17) is 0 Å². The van der Waals surface area contributed by atoms with Crippen molar-refractivity contribution in [2.24, 2.45) is 0 Å². The quantitative estimate of drug-likeness (QED) is 0.692. The molecule has 0 amide bonds. The molecule has 0 radical (unpaired) electrons. The zero-order valence-electron chi connectivity index (χ0n) is 14.7. The van der Waals surface area contributed by atoms with Crippen molar-refractivity contribution in [2.45, 2.75) is 13.3 Å². The van der Waals surface area contributed by atoms with Gasteiger partial charge in [-0.15, -0.1) is 0 Å². The minimum absolute atomic E-state index is 0.0824. The van der Waals surface area contributed by atoms with Crippen molar-refractivity contribution < 1.29 is 13.2 Å². The second-order valence-electron chi connectivity index (χ2n) is 6.38. The fraction of sp³-hybridized carbons (Fsp3) is 0.588. The average molecular weight is 353 g/mol. The Kier molecular flexibility index (Phi) is 6.37. The molecule has 6 nitrogen and oxygen atoms in total. The van der Waals surface area contributed by atoms with Gasteiger partial charge in [0, 0.05) is 51.5 Å². The van der Waals surface area contributed by atoms with E-state index in [-0.39, 0.29) is 11.5 Å². The molecule has 0 N–H and O–H groups in total. The van der Waals surface area contributed by atoms with E-state index >= 15 is 0 Å². The molecule has 1 fully saturated rings. The second-order valence-corrected chi connectivity index (χ2v) is 8.69. The van der Waals surface area contributed by atoms with Crippen LogP contribution in [0.3, 0.4) is 0 Å². The number of benzene rings is 1. The molecule has 0 spiro atoms. The Balaban J connectivity index is 1.78. The van der Waals surface area contributed by atoms with Gasteiger partial charge >= 0.3 is 0 Å². The van der Waals surface area contributed by atoms with Crippen LogP contribution in [0.5, 0.6) is 0 Å². The van der Waals surface area contributed by atoms with Gasteiger partial charge in [0.2, 0.25) is 10.0 Å². The highest BCUT2D eigenvalue weighted by atomic mass is 32.2. The molecule has 1 aromatic rings. The molecule has 0 saturated carbocycles. The number of piperazine rings is 1. The molecular weight excluding hydrogens is 326 g/mol. The highest BCUT2D eigenvalue weighted by Gasteiger charge is 2.19. The first kappa shape index (κ1) is 18.9. The molecule has 0 unspecified atom stereocenters. The third kappa shape index (κ3) is 5.03. The molecule has 24 heavy (non-hydrogen) atoms. The number of carbonyl (C=O) groups is 1. The molecule has 134 valence electrons. The van der Waals surface area contributed by atoms with E-state index in [9.17, 15) is 13.2 Å². The lowest BCUT2D eigenvalue weighted by Gasteiger charge is -2.36. The summed E-state index contributed by atoms with van der Waals surface area (Å²) in [6.45, 7) is 6.07. The summed E-state index contributed by atoms with van der Waals surface area (Å²) >= 11 is 0. The third-order valence-corrected chi connectivity index (χ3v) is 6.36. The molecule has 1 aromatic carbocycles. The predicted octanol–water partition coefficient (Wildman–Crippen LogP) is 1.29. The fourth-order valence-corrected chi connectivity index (χ4v) is 3.65. The van der Waals surface area contributed by atoms with Crippen LogP contribution in [0.4, 0.5) is 5.69 Å². The van der Waals surface area contributed by atoms with E-state index in [1.807, 2.05) is 24.3 Å². The minimum Gasteiger partial charge on any atom is -0.369 e. The van der Waals surface area contributed by atoms with Crippen LogP contribution < -0.4 is 4.90 Å². The Bertz CT molecular complexity index is 648. The summed E-state index contributed by atoms with van der Waals surface area (Å²) in [5, 5.41) is 0. The molecule has 1 saturated heterocycles. The Labute approximate surface area is 145 Å². The SMILES string of the molecule is CC(=O)c1ccc(N2CCN(CCCS(=O)(=O)N(C)C)CC2)cc1. The number of sulfonamides is 1. The molecule has 0 aromatic heterocycles. The lowest BCUT2D eigenvalue weighted by Crippen LogP contribution is -2.47. The summed E-state index contributed by atoms with van der Waals surface area (Å²) < 4.78 is 24.8. The summed E-state index contributed by atoms with van der Waals surface area (Å²) in [6, 6.07) is 7.73. The average Bonchev–Trinajstić information content (AvgIpc) is 2.55. The molecular formula is C17H27N3O3S. The van der Waals surface area contributed by atoms with E-state index in [2.05, 4.69) is 9.80 Å². The Morgan fingerprint density at radius 3 is 2.17 bits per heavy atom. The van der Waals surface area contributed by atoms with Crippen LogP contribution in [-0.4, -0.2) is 76.0 Å². The highest BCUT2D eigenvalue weighted by Crippen LogP contribution is 2.17. The maximum atomic E-state index is 11.8. The Hall–Kier alpha value is -1.44. The Morgan fingerprint density at radius 1 is 1.08 bits per heavy atom. The van der Waals surface area contributed by atoms with Gasteiger partial charge in [0.1, 0.15) is 0 Å². The molecule has 1 aliphatic heterocycles. The third-order valence-electron chi connectivity index (χ3n) is 4.44. The largest absolute Gasteiger partial charge is 0.369 e. The van der Waals surface area contributed by atoms with Crippen LogP contribution in [-0.2, 0) is 10.0 Å². The standard InChI is InChI=1S/C17H27N3O3S/c1-15(21)16-5-7-17(8-6-16)20-12-10-19(11-13-20)9-4-14-24(22,23)18(2)3/h5-8H,4,9-14H2,1-3H3. The molecule has 2 rings (SSSR count). The molecule has 1 heterocycles. The molecule has 0 atom stereocenters. The van der Waals surface area contributed by atoms with Crippen LogP contribution in [0.15, 0.2) is 24.3 Å². The highest BCUT2D eigenvalue weighted by molar-refractivity contribution is 7.89. The minimum atomic E-state index is -3.10. The lowest BCUT2D eigenvalue weighted by molar-refractivity contribution is 0.101. The number of hydrogen-bond donors (Lipinski definition) is 0. The maximum absolute atomic E-state index is 11.8. The van der Waals surface area contributed by atoms with Crippen molar-refractivity contribution in [3.05, 3.63) is 29.8 Å². The van der Waals surface area contributed by atoms with Gasteiger partial charge in [-0.05, 0) is 44.2 Å². The zero-order chi connectivity index (χ0) is 17.7. The van der Waals surface area contributed by atoms with Gasteiger partial charge in [-0.1, -0.05) is 0 Å². The van der Waals surface area contributed by atoms with Gasteiger partial charge in [0.05, 0.1) is 5.75 Å². The van der Waals surface area contributed by atoms with Gasteiger partial charge in [0.15, 0.2) is 5.78 Å². The van der Waals surface area contributed by atoms with Crippen molar-refractivity contribution in [1.82, 2.24) is 9.21 Å². The molecule has 7 heteroatoms. The molecule has 1 aliphatic rings. The van der Waals surface area contributed by atoms with Gasteiger partial charge in [-0.25, -0.2) is 12.7 Å². The van der Waals surface area contributed by atoms with Crippen molar-refractivity contribution in [3.8, 4) is 0 Å². The number of carbonyl (C=O) groups excluding carboxylic acids is 1. The van der Waals surface area contributed by atoms with Crippen molar-refractivity contribution in [3.63, 3.8) is 0 Å². The summed E-state index contributed by atoms with van der Waals surface area (Å²) in [7, 11) is 0.0546. The summed E-state index contributed by atoms with van der Waals surface area (Å²) in [6.07, 6.45) is 0.661. The number of anilines is 1. The molecule has 0 aliphatic carbocycles. The second kappa shape index (κ2) is 8.09. The fourth-order valence-electron chi connectivity index (χ4n) is 2.79. The number of nitrogens with zero attached hydrogens (tertiary/aromatic N) is 3. The van der Waals surface area contributed by atoms with Gasteiger partial charge < -0.3 is 4.90 Å². The smallest absolute Gasteiger partial charge is 0.213 e. The first-order chi connectivity index (χ1) is 11.3. The first-order valence-electron chi connectivity index (χ1n) is 8.28. The van der Waals surface area contributed by atoms with Gasteiger partial charge in [-0.2, -0.15) is 0 Å². The van der Waals surface area contributed by atoms with E-state index < -0.39 is 10.0 Å². The van der Waals surface area contributed by atoms with Crippen LogP contribution in [0, 0.1) is 0 Å². The number of rotatable bonds is 7. The summed E-state index contributed by atoms with van der Waals surface area (Å²) in [5.41, 5.74) is 1.87. The van der Waals surface area contributed by atoms with Crippen molar-refractivity contribution in [2.75, 3.05) is 57.5 Å². The van der Waals surface area contributed by atoms with E-state index in [0.717, 1.165) is 44.0 Å². The zero-order valence-corrected chi connectivity index (χ0v) is 15.6. The topological polar surface area (TPSA) is 60.9 Å². The Morgan fingerprint density at radius 2 is 1.67 bits per heavy atom. The first-order valence-corrected chi connectivity index (χ1v) is 9.89. The van der Waals surface area contributed by atoms with Crippen molar-refractivity contribution >= 4 is 21.5 Å². The van der Waals surface area contributed by atoms with Gasteiger partial charge in [-0.3, -0.25) is 9.69 Å². The predicted molar refractivity (Wildman–Crippen MR) is 97.2 cm³/mol. The summed E-state index contributed by atoms with van der Waals surface area (Å²) in [4.78, 5) is 15.9. The van der Waals surface area contributed by atoms with E-state index in [1.165, 1.54) is 4.31 Å². The van der Waals surface area contributed by atoms with Crippen LogP contribution in [0.25, 0.3) is 0 Å². The van der Waals surface area contributed by atoms with Crippen LogP contribution in [0.1, 0.15) is 23.7 Å². The number of hydrogen-bond acceptors (Lipinski definition) is 5. The monoisotopic (exact) mass is 353 g/mol. The van der Waals surface area contributed by atoms with Crippen LogP contribution >= 0.6 is 0 Å². The van der Waals surface area contributed by atoms with Crippen LogP contribution in [0.2, 0.25) is 0 Å². The normalized spacial score (nSPS) is 16.6. The number of Topliss-reactive ketones (excluding diaryl/α,β-unsaturated/α-hetero) is 1. The molecule has 0 bridgehead atoms.